The molecule has 1 aliphatic heterocycles. The van der Waals surface area contributed by atoms with Crippen LogP contribution in [0.4, 0.5) is 5.69 Å². The predicted molar refractivity (Wildman–Crippen MR) is 97.2 cm³/mol. The molecule has 0 aromatic heterocycles. The van der Waals surface area contributed by atoms with Crippen molar-refractivity contribution in [1.82, 2.24) is 0 Å². The maximum atomic E-state index is 12.1. The van der Waals surface area contributed by atoms with Crippen LogP contribution in [0.3, 0.4) is 0 Å². The Morgan fingerprint density at radius 3 is 2.69 bits per heavy atom. The van der Waals surface area contributed by atoms with Gasteiger partial charge < -0.3 is 19.5 Å². The van der Waals surface area contributed by atoms with E-state index >= 15 is 0 Å². The summed E-state index contributed by atoms with van der Waals surface area (Å²) in [7, 11) is 0. The zero-order valence-electron chi connectivity index (χ0n) is 14.6. The molecule has 0 aliphatic carbocycles. The highest BCUT2D eigenvalue weighted by molar-refractivity contribution is 5.99. The van der Waals surface area contributed by atoms with Crippen molar-refractivity contribution >= 4 is 17.6 Å². The predicted octanol–water partition coefficient (Wildman–Crippen LogP) is 3.28. The molecule has 0 fully saturated rings. The monoisotopic (exact) mass is 355 g/mol. The highest BCUT2D eigenvalue weighted by atomic mass is 16.5. The minimum Gasteiger partial charge on any atom is -0.494 e. The van der Waals surface area contributed by atoms with Gasteiger partial charge in [0, 0.05) is 6.54 Å². The standard InChI is InChI=1S/C20H21NO5/c1-14-4-7-16(8-5-14)25-11-3-2-10-21-17-9-6-15(20(23)24)12-18(17)26-13-19(21)22/h4-9,12H,2-3,10-11,13H2,1H3,(H,23,24). The lowest BCUT2D eigenvalue weighted by Gasteiger charge is -2.29. The Hall–Kier alpha value is -3.02. The van der Waals surface area contributed by atoms with E-state index in [0.29, 0.717) is 24.6 Å². The van der Waals surface area contributed by atoms with E-state index in [1.807, 2.05) is 31.2 Å². The molecule has 0 saturated carbocycles. The molecule has 136 valence electrons. The molecule has 1 heterocycles. The number of hydrogen-bond donors (Lipinski definition) is 1. The van der Waals surface area contributed by atoms with Crippen molar-refractivity contribution < 1.29 is 24.2 Å². The maximum absolute atomic E-state index is 12.1. The number of aryl methyl sites for hydroxylation is 1. The number of carboxylic acid groups (broad SMARTS) is 1. The van der Waals surface area contributed by atoms with E-state index in [9.17, 15) is 9.59 Å². The Kier molecular flexibility index (Phi) is 5.41. The molecule has 1 amide bonds. The molecular weight excluding hydrogens is 334 g/mol. The minimum atomic E-state index is -1.02. The van der Waals surface area contributed by atoms with Gasteiger partial charge in [-0.15, -0.1) is 0 Å². The zero-order valence-corrected chi connectivity index (χ0v) is 14.6. The van der Waals surface area contributed by atoms with E-state index in [1.54, 1.807) is 11.0 Å². The topological polar surface area (TPSA) is 76.1 Å². The van der Waals surface area contributed by atoms with Crippen LogP contribution < -0.4 is 14.4 Å². The summed E-state index contributed by atoms with van der Waals surface area (Å²) in [4.78, 5) is 24.9. The van der Waals surface area contributed by atoms with Crippen LogP contribution in [0.25, 0.3) is 0 Å². The molecule has 26 heavy (non-hydrogen) atoms. The highest BCUT2D eigenvalue weighted by Crippen LogP contribution is 2.33. The Labute approximate surface area is 152 Å². The molecule has 0 atom stereocenters. The van der Waals surface area contributed by atoms with Crippen molar-refractivity contribution in [3.63, 3.8) is 0 Å². The number of hydrogen-bond acceptors (Lipinski definition) is 4. The number of amides is 1. The second-order valence-corrected chi connectivity index (χ2v) is 6.19. The third kappa shape index (κ3) is 4.14. The van der Waals surface area contributed by atoms with Gasteiger partial charge in [0.2, 0.25) is 0 Å². The first-order valence-corrected chi connectivity index (χ1v) is 8.54. The molecule has 0 bridgehead atoms. The number of nitrogens with zero attached hydrogens (tertiary/aromatic N) is 1. The molecule has 2 aromatic rings. The number of aromatic carboxylic acids is 1. The van der Waals surface area contributed by atoms with E-state index in [1.165, 1.54) is 17.7 Å². The van der Waals surface area contributed by atoms with Gasteiger partial charge in [-0.3, -0.25) is 4.79 Å². The second kappa shape index (κ2) is 7.91. The van der Waals surface area contributed by atoms with Crippen LogP contribution in [0, 0.1) is 6.92 Å². The van der Waals surface area contributed by atoms with Gasteiger partial charge in [0.25, 0.3) is 5.91 Å². The number of rotatable bonds is 7. The fourth-order valence-electron chi connectivity index (χ4n) is 2.78. The van der Waals surface area contributed by atoms with Gasteiger partial charge in [-0.2, -0.15) is 0 Å². The average Bonchev–Trinajstić information content (AvgIpc) is 2.64. The number of unbranched alkanes of at least 4 members (excludes halogenated alkanes) is 1. The third-order valence-corrected chi connectivity index (χ3v) is 4.22. The molecule has 0 unspecified atom stereocenters. The smallest absolute Gasteiger partial charge is 0.335 e. The fourth-order valence-corrected chi connectivity index (χ4v) is 2.78. The average molecular weight is 355 g/mol. The van der Waals surface area contributed by atoms with E-state index in [0.717, 1.165) is 18.6 Å². The highest BCUT2D eigenvalue weighted by Gasteiger charge is 2.25. The molecule has 1 aliphatic rings. The van der Waals surface area contributed by atoms with Gasteiger partial charge in [-0.25, -0.2) is 4.79 Å². The summed E-state index contributed by atoms with van der Waals surface area (Å²) in [5.41, 5.74) is 1.95. The van der Waals surface area contributed by atoms with Crippen molar-refractivity contribution in [3.8, 4) is 11.5 Å². The summed E-state index contributed by atoms with van der Waals surface area (Å²) in [6.45, 7) is 3.07. The van der Waals surface area contributed by atoms with Gasteiger partial charge in [0.05, 0.1) is 17.9 Å². The van der Waals surface area contributed by atoms with Gasteiger partial charge in [0.15, 0.2) is 6.61 Å². The lowest BCUT2D eigenvalue weighted by Crippen LogP contribution is -2.39. The van der Waals surface area contributed by atoms with Crippen LogP contribution in [0.15, 0.2) is 42.5 Å². The third-order valence-electron chi connectivity index (χ3n) is 4.22. The normalized spacial score (nSPS) is 13.1. The zero-order chi connectivity index (χ0) is 18.5. The molecule has 3 rings (SSSR count). The molecule has 0 saturated heterocycles. The first-order chi connectivity index (χ1) is 12.5. The summed E-state index contributed by atoms with van der Waals surface area (Å²) >= 11 is 0. The van der Waals surface area contributed by atoms with Crippen LogP contribution >= 0.6 is 0 Å². The number of carboxylic acids is 1. The fraction of sp³-hybridized carbons (Fsp3) is 0.300. The van der Waals surface area contributed by atoms with Crippen molar-refractivity contribution in [2.45, 2.75) is 19.8 Å². The Bertz CT molecular complexity index is 800. The molecule has 2 aromatic carbocycles. The summed E-state index contributed by atoms with van der Waals surface area (Å²) in [6.07, 6.45) is 1.58. The lowest BCUT2D eigenvalue weighted by atomic mass is 10.1. The molecule has 0 spiro atoms. The first kappa shape index (κ1) is 17.8. The van der Waals surface area contributed by atoms with Crippen LogP contribution in [-0.2, 0) is 4.79 Å². The largest absolute Gasteiger partial charge is 0.494 e. The SMILES string of the molecule is Cc1ccc(OCCCCN2C(=O)COc3cc(C(=O)O)ccc32)cc1. The van der Waals surface area contributed by atoms with Gasteiger partial charge >= 0.3 is 5.97 Å². The van der Waals surface area contributed by atoms with Crippen molar-refractivity contribution in [1.29, 1.82) is 0 Å². The molecular formula is C20H21NO5. The number of ether oxygens (including phenoxy) is 2. The molecule has 6 heteroatoms. The van der Waals surface area contributed by atoms with Crippen LogP contribution in [0.1, 0.15) is 28.8 Å². The van der Waals surface area contributed by atoms with Crippen LogP contribution in [-0.4, -0.2) is 36.7 Å². The van der Waals surface area contributed by atoms with E-state index in [-0.39, 0.29) is 18.1 Å². The number of carbonyl (C=O) groups excluding carboxylic acids is 1. The van der Waals surface area contributed by atoms with E-state index < -0.39 is 5.97 Å². The Morgan fingerprint density at radius 1 is 1.19 bits per heavy atom. The van der Waals surface area contributed by atoms with Gasteiger partial charge in [0.1, 0.15) is 11.5 Å². The number of anilines is 1. The van der Waals surface area contributed by atoms with Crippen molar-refractivity contribution in [3.05, 3.63) is 53.6 Å². The minimum absolute atomic E-state index is 0.0735. The quantitative estimate of drug-likeness (QED) is 0.772. The Balaban J connectivity index is 1.54. The number of fused-ring (bicyclic) bond motifs is 1. The molecule has 0 radical (unpaired) electrons. The van der Waals surface area contributed by atoms with Crippen molar-refractivity contribution in [2.24, 2.45) is 0 Å². The molecule has 6 nitrogen and oxygen atoms in total. The second-order valence-electron chi connectivity index (χ2n) is 6.19. The lowest BCUT2D eigenvalue weighted by molar-refractivity contribution is -0.121. The maximum Gasteiger partial charge on any atom is 0.335 e. The summed E-state index contributed by atoms with van der Waals surface area (Å²) in [6, 6.07) is 12.5. The molecule has 1 N–H and O–H groups in total. The number of benzene rings is 2. The summed E-state index contributed by atoms with van der Waals surface area (Å²) in [5, 5.41) is 9.06. The first-order valence-electron chi connectivity index (χ1n) is 8.54. The summed E-state index contributed by atoms with van der Waals surface area (Å²) in [5.74, 6) is 0.123. The van der Waals surface area contributed by atoms with Gasteiger partial charge in [-0.05, 0) is 50.1 Å². The summed E-state index contributed by atoms with van der Waals surface area (Å²) < 4.78 is 11.1. The number of carbonyl (C=O) groups is 2. The van der Waals surface area contributed by atoms with Gasteiger partial charge in [-0.1, -0.05) is 17.7 Å². The van der Waals surface area contributed by atoms with Crippen molar-refractivity contribution in [2.75, 3.05) is 24.7 Å². The van der Waals surface area contributed by atoms with Crippen LogP contribution in [0.2, 0.25) is 0 Å². The van der Waals surface area contributed by atoms with E-state index in [4.69, 9.17) is 14.6 Å². The van der Waals surface area contributed by atoms with E-state index in [2.05, 4.69) is 0 Å². The Morgan fingerprint density at radius 2 is 1.96 bits per heavy atom. The van der Waals surface area contributed by atoms with Crippen LogP contribution in [0.5, 0.6) is 11.5 Å².